The molecule has 0 radical (unpaired) electrons. The topological polar surface area (TPSA) is 77.5 Å². The van der Waals surface area contributed by atoms with Crippen LogP contribution in [0.4, 0.5) is 0 Å². The van der Waals surface area contributed by atoms with Crippen LogP contribution in [0.3, 0.4) is 0 Å². The van der Waals surface area contributed by atoms with Gasteiger partial charge in [-0.15, -0.1) is 0 Å². The van der Waals surface area contributed by atoms with Crippen LogP contribution < -0.4 is 21.3 Å². The zero-order valence-corrected chi connectivity index (χ0v) is 18.4. The minimum absolute atomic E-state index is 0.127. The Kier molecular flexibility index (Phi) is 19.3. The summed E-state index contributed by atoms with van der Waals surface area (Å²) >= 11 is 0. The van der Waals surface area contributed by atoms with Gasteiger partial charge in [-0.2, -0.15) is 0 Å². The Hall–Kier alpha value is -1.66. The lowest BCUT2D eigenvalue weighted by Crippen LogP contribution is -2.34. The third-order valence-electron chi connectivity index (χ3n) is 4.15. The van der Waals surface area contributed by atoms with E-state index in [9.17, 15) is 4.79 Å². The summed E-state index contributed by atoms with van der Waals surface area (Å²) < 4.78 is 0. The van der Waals surface area contributed by atoms with Gasteiger partial charge in [0.15, 0.2) is 5.78 Å². The number of nitrogens with one attached hydrogen (secondary N) is 4. The average Bonchev–Trinajstić information content (AvgIpc) is 2.64. The second-order valence-corrected chi connectivity index (χ2v) is 5.66. The number of nitrogens with zero attached hydrogens (tertiary/aromatic N) is 1. The molecule has 0 aliphatic heterocycles. The smallest absolute Gasteiger partial charge is 0.157 e. The van der Waals surface area contributed by atoms with Crippen molar-refractivity contribution in [3.8, 4) is 0 Å². The van der Waals surface area contributed by atoms with Crippen LogP contribution in [0.5, 0.6) is 0 Å². The minimum Gasteiger partial charge on any atom is -0.391 e. The molecule has 0 saturated heterocycles. The van der Waals surface area contributed by atoms with Crippen molar-refractivity contribution in [2.75, 3.05) is 35.2 Å². The van der Waals surface area contributed by atoms with Gasteiger partial charge in [-0.3, -0.25) is 9.79 Å². The van der Waals surface area contributed by atoms with Crippen LogP contribution in [0.25, 0.3) is 0 Å². The second kappa shape index (κ2) is 17.2. The lowest BCUT2D eigenvalue weighted by Gasteiger charge is -2.05. The monoisotopic (exact) mass is 355 g/mol. The first-order chi connectivity index (χ1) is 11.5. The van der Waals surface area contributed by atoms with Crippen LogP contribution in [-0.2, 0) is 4.79 Å². The Morgan fingerprint density at radius 3 is 1.28 bits per heavy atom. The van der Waals surface area contributed by atoms with Crippen LogP contribution >= 0.6 is 0 Å². The molecule has 0 amide bonds. The van der Waals surface area contributed by atoms with E-state index in [0.717, 1.165) is 17.0 Å². The molecule has 0 heterocycles. The largest absolute Gasteiger partial charge is 0.391 e. The first-order valence-electron chi connectivity index (χ1n) is 8.53. The molecule has 4 N–H and O–H groups in total. The zero-order chi connectivity index (χ0) is 20.6. The number of hydrogen-bond acceptors (Lipinski definition) is 6. The number of Topliss-reactive ketones (excluding diaryl/α,β-unsaturated/α-hetero) is 1. The Labute approximate surface area is 155 Å². The van der Waals surface area contributed by atoms with Crippen molar-refractivity contribution in [2.45, 2.75) is 54.6 Å². The number of aliphatic imine (C=N–C) groups is 1. The fraction of sp³-hybridized carbons (Fsp3) is 0.684. The van der Waals surface area contributed by atoms with Crippen molar-refractivity contribution >= 4 is 11.5 Å². The van der Waals surface area contributed by atoms with Gasteiger partial charge in [0.05, 0.1) is 6.17 Å². The first-order valence-corrected chi connectivity index (χ1v) is 8.53. The van der Waals surface area contributed by atoms with E-state index in [1.807, 2.05) is 62.9 Å². The van der Waals surface area contributed by atoms with Crippen LogP contribution in [0, 0.1) is 0 Å². The predicted octanol–water partition coefficient (Wildman–Crippen LogP) is 2.45. The van der Waals surface area contributed by atoms with E-state index < -0.39 is 0 Å². The minimum atomic E-state index is 0.127. The fourth-order valence-corrected chi connectivity index (χ4v) is 1.22. The third kappa shape index (κ3) is 15.6. The molecule has 148 valence electrons. The van der Waals surface area contributed by atoms with Gasteiger partial charge in [0.2, 0.25) is 0 Å². The quantitative estimate of drug-likeness (QED) is 0.334. The fourth-order valence-electron chi connectivity index (χ4n) is 1.22. The van der Waals surface area contributed by atoms with Crippen molar-refractivity contribution in [2.24, 2.45) is 4.99 Å². The summed E-state index contributed by atoms with van der Waals surface area (Å²) in [6, 6.07) is 0. The highest BCUT2D eigenvalue weighted by Gasteiger charge is 1.98. The van der Waals surface area contributed by atoms with E-state index in [0.29, 0.717) is 6.17 Å². The van der Waals surface area contributed by atoms with Gasteiger partial charge < -0.3 is 21.3 Å². The second-order valence-electron chi connectivity index (χ2n) is 5.66. The standard InChI is InChI=1S/C8H16N2.C7H13NO.C4H12N2/c1-6(7(2)9-4)8(3)10-5;1-5(7(3)9)6(2)8-4;1-4(5-2)6-3/h9H,1-5H3;8H,1-4H3;4-6H,1-3H3. The molecular weight excluding hydrogens is 314 g/mol. The van der Waals surface area contributed by atoms with E-state index in [2.05, 4.69) is 40.1 Å². The Bertz CT molecular complexity index is 460. The molecule has 25 heavy (non-hydrogen) atoms. The summed E-state index contributed by atoms with van der Waals surface area (Å²) in [4.78, 5) is 14.7. The Morgan fingerprint density at radius 2 is 1.12 bits per heavy atom. The van der Waals surface area contributed by atoms with Crippen molar-refractivity contribution < 1.29 is 4.79 Å². The molecule has 0 atom stereocenters. The molecule has 0 spiro atoms. The lowest BCUT2D eigenvalue weighted by atomic mass is 10.1. The van der Waals surface area contributed by atoms with E-state index in [4.69, 9.17) is 0 Å². The van der Waals surface area contributed by atoms with E-state index in [-0.39, 0.29) is 5.78 Å². The summed E-state index contributed by atoms with van der Waals surface area (Å²) in [6.07, 6.45) is 0.435. The molecule has 0 aromatic carbocycles. The van der Waals surface area contributed by atoms with Crippen LogP contribution in [0.2, 0.25) is 0 Å². The molecule has 6 heteroatoms. The maximum absolute atomic E-state index is 10.6. The number of ketones is 1. The van der Waals surface area contributed by atoms with Gasteiger partial charge in [0.25, 0.3) is 0 Å². The van der Waals surface area contributed by atoms with Gasteiger partial charge >= 0.3 is 0 Å². The van der Waals surface area contributed by atoms with Crippen LogP contribution in [0.15, 0.2) is 27.5 Å². The molecule has 0 aliphatic rings. The molecule has 0 rings (SSSR count). The predicted molar refractivity (Wildman–Crippen MR) is 112 cm³/mol. The highest BCUT2D eigenvalue weighted by molar-refractivity contribution is 5.98. The summed E-state index contributed by atoms with van der Waals surface area (Å²) in [5.74, 6) is 0.127. The summed E-state index contributed by atoms with van der Waals surface area (Å²) in [7, 11) is 9.37. The van der Waals surface area contributed by atoms with Crippen molar-refractivity contribution in [1.29, 1.82) is 0 Å². The first kappa shape index (κ1) is 28.2. The number of carbonyl (C=O) groups is 1. The van der Waals surface area contributed by atoms with Gasteiger partial charge in [-0.05, 0) is 68.1 Å². The summed E-state index contributed by atoms with van der Waals surface area (Å²) in [6.45, 7) is 13.4. The molecular formula is C19H41N5O. The van der Waals surface area contributed by atoms with Gasteiger partial charge in [-0.25, -0.2) is 0 Å². The molecule has 0 aromatic rings. The van der Waals surface area contributed by atoms with Gasteiger partial charge in [-0.1, -0.05) is 0 Å². The molecule has 0 unspecified atom stereocenters. The van der Waals surface area contributed by atoms with Gasteiger partial charge in [0, 0.05) is 43.8 Å². The normalized spacial score (nSPS) is 12.8. The van der Waals surface area contributed by atoms with Crippen molar-refractivity contribution in [3.05, 3.63) is 22.5 Å². The van der Waals surface area contributed by atoms with Crippen molar-refractivity contribution in [1.82, 2.24) is 21.3 Å². The third-order valence-corrected chi connectivity index (χ3v) is 4.15. The average molecular weight is 356 g/mol. The number of allylic oxidation sites excluding steroid dienone is 4. The maximum Gasteiger partial charge on any atom is 0.157 e. The summed E-state index contributed by atoms with van der Waals surface area (Å²) in [5, 5.41) is 12.0. The van der Waals surface area contributed by atoms with Gasteiger partial charge in [0.1, 0.15) is 0 Å². The van der Waals surface area contributed by atoms with E-state index in [1.165, 1.54) is 11.3 Å². The molecule has 0 aromatic heterocycles. The zero-order valence-electron chi connectivity index (χ0n) is 18.4. The molecule has 0 bridgehead atoms. The Morgan fingerprint density at radius 1 is 0.760 bits per heavy atom. The molecule has 6 nitrogen and oxygen atoms in total. The van der Waals surface area contributed by atoms with Crippen molar-refractivity contribution in [3.63, 3.8) is 0 Å². The van der Waals surface area contributed by atoms with E-state index >= 15 is 0 Å². The van der Waals surface area contributed by atoms with Crippen LogP contribution in [0.1, 0.15) is 48.5 Å². The summed E-state index contributed by atoms with van der Waals surface area (Å²) in [5.41, 5.74) is 5.25. The lowest BCUT2D eigenvalue weighted by molar-refractivity contribution is -0.113. The Balaban J connectivity index is -0.000000300. The number of rotatable bonds is 6. The highest BCUT2D eigenvalue weighted by Crippen LogP contribution is 2.01. The number of carbonyl (C=O) groups excluding carboxylic acids is 1. The molecule has 0 fully saturated rings. The van der Waals surface area contributed by atoms with E-state index in [1.54, 1.807) is 6.92 Å². The number of hydrogen-bond donors (Lipinski definition) is 4. The molecule has 0 aliphatic carbocycles. The van der Waals surface area contributed by atoms with Crippen LogP contribution in [-0.4, -0.2) is 52.9 Å². The maximum atomic E-state index is 10.6. The highest BCUT2D eigenvalue weighted by atomic mass is 16.1. The SMILES string of the molecule is CN=C(C)C(C)=C(C)NC.CNC(C)=C(C)C(C)=O.CNC(C)NC. The molecule has 0 saturated carbocycles.